The highest BCUT2D eigenvalue weighted by molar-refractivity contribution is 6.33. The van der Waals surface area contributed by atoms with Crippen molar-refractivity contribution in [2.24, 2.45) is 0 Å². The number of carbonyl (C=O) groups excluding carboxylic acids is 2. The fraction of sp³-hybridized carbons (Fsp3) is 0.0476. The number of amides is 2. The van der Waals surface area contributed by atoms with Crippen LogP contribution < -0.4 is 10.6 Å². The molecule has 5 heteroatoms. The zero-order chi connectivity index (χ0) is 18.1. The highest BCUT2D eigenvalue weighted by Gasteiger charge is 2.19. The van der Waals surface area contributed by atoms with Gasteiger partial charge >= 0.3 is 0 Å². The average molecular weight is 363 g/mol. The van der Waals surface area contributed by atoms with Gasteiger partial charge in [0.1, 0.15) is 0 Å². The molecule has 0 radical (unpaired) electrons. The molecule has 0 aliphatic carbocycles. The maximum Gasteiger partial charge on any atom is 0.255 e. The minimum Gasteiger partial charge on any atom is -0.326 e. The van der Waals surface area contributed by atoms with E-state index in [2.05, 4.69) is 10.6 Å². The van der Waals surface area contributed by atoms with Crippen molar-refractivity contribution in [1.82, 2.24) is 0 Å². The molecule has 0 spiro atoms. The molecule has 4 rings (SSSR count). The molecule has 0 saturated carbocycles. The summed E-state index contributed by atoms with van der Waals surface area (Å²) in [6.07, 6.45) is 0.356. The third kappa shape index (κ3) is 3.19. The van der Waals surface area contributed by atoms with E-state index < -0.39 is 0 Å². The lowest BCUT2D eigenvalue weighted by molar-refractivity contribution is -0.115. The molecule has 2 amide bonds. The van der Waals surface area contributed by atoms with Crippen LogP contribution in [-0.2, 0) is 11.2 Å². The lowest BCUT2D eigenvalue weighted by Gasteiger charge is -2.10. The molecule has 2 N–H and O–H groups in total. The van der Waals surface area contributed by atoms with Crippen molar-refractivity contribution in [2.45, 2.75) is 6.42 Å². The molecule has 128 valence electrons. The summed E-state index contributed by atoms with van der Waals surface area (Å²) in [5.74, 6) is -0.216. The predicted molar refractivity (Wildman–Crippen MR) is 104 cm³/mol. The number of hydrogen-bond donors (Lipinski definition) is 2. The highest BCUT2D eigenvalue weighted by atomic mass is 35.5. The maximum atomic E-state index is 12.5. The number of halogens is 1. The number of hydrogen-bond acceptors (Lipinski definition) is 2. The molecule has 4 nitrogen and oxygen atoms in total. The van der Waals surface area contributed by atoms with Crippen LogP contribution in [0, 0.1) is 0 Å². The van der Waals surface area contributed by atoms with E-state index in [1.54, 1.807) is 18.2 Å². The Morgan fingerprint density at radius 3 is 2.62 bits per heavy atom. The van der Waals surface area contributed by atoms with Gasteiger partial charge in [-0.05, 0) is 53.6 Å². The predicted octanol–water partition coefficient (Wildman–Crippen LogP) is 4.75. The Morgan fingerprint density at radius 1 is 1.00 bits per heavy atom. The standard InChI is InChI=1S/C21H15ClN2O2/c22-18-8-6-14(21(26)23-16-4-2-1-3-5-16)11-17(18)13-7-9-19-15(10-13)12-20(25)24-19/h1-11H,12H2,(H,23,26)(H,24,25). The second-order valence-corrected chi connectivity index (χ2v) is 6.52. The smallest absolute Gasteiger partial charge is 0.255 e. The van der Waals surface area contributed by atoms with Crippen molar-refractivity contribution < 1.29 is 9.59 Å². The molecular weight excluding hydrogens is 348 g/mol. The molecule has 3 aromatic carbocycles. The topological polar surface area (TPSA) is 58.2 Å². The second kappa shape index (κ2) is 6.65. The first-order valence-corrected chi connectivity index (χ1v) is 8.57. The largest absolute Gasteiger partial charge is 0.326 e. The Bertz CT molecular complexity index is 1020. The van der Waals surface area contributed by atoms with Gasteiger partial charge in [-0.1, -0.05) is 35.9 Å². The minimum atomic E-state index is -0.202. The summed E-state index contributed by atoms with van der Waals surface area (Å²) in [6, 6.07) is 20.2. The van der Waals surface area contributed by atoms with Gasteiger partial charge in [0.2, 0.25) is 5.91 Å². The van der Waals surface area contributed by atoms with Gasteiger partial charge in [0, 0.05) is 27.5 Å². The van der Waals surface area contributed by atoms with Gasteiger partial charge in [0.25, 0.3) is 5.91 Å². The molecule has 0 fully saturated rings. The fourth-order valence-electron chi connectivity index (χ4n) is 3.01. The molecule has 3 aromatic rings. The van der Waals surface area contributed by atoms with Crippen molar-refractivity contribution in [3.8, 4) is 11.1 Å². The van der Waals surface area contributed by atoms with E-state index in [0.29, 0.717) is 17.0 Å². The molecule has 0 bridgehead atoms. The first-order valence-electron chi connectivity index (χ1n) is 8.19. The number of para-hydroxylation sites is 1. The molecule has 0 saturated heterocycles. The summed E-state index contributed by atoms with van der Waals surface area (Å²) < 4.78 is 0. The third-order valence-electron chi connectivity index (χ3n) is 4.30. The van der Waals surface area contributed by atoms with Gasteiger partial charge in [0.05, 0.1) is 6.42 Å². The number of benzene rings is 3. The second-order valence-electron chi connectivity index (χ2n) is 6.11. The van der Waals surface area contributed by atoms with E-state index in [1.807, 2.05) is 48.5 Å². The first-order chi connectivity index (χ1) is 12.6. The van der Waals surface area contributed by atoms with Crippen LogP contribution in [0.3, 0.4) is 0 Å². The highest BCUT2D eigenvalue weighted by Crippen LogP contribution is 2.33. The summed E-state index contributed by atoms with van der Waals surface area (Å²) >= 11 is 6.36. The van der Waals surface area contributed by atoms with Crippen LogP contribution in [0.5, 0.6) is 0 Å². The summed E-state index contributed by atoms with van der Waals surface area (Å²) in [6.45, 7) is 0. The van der Waals surface area contributed by atoms with Crippen molar-refractivity contribution >= 4 is 34.8 Å². The van der Waals surface area contributed by atoms with Crippen LogP contribution in [0.15, 0.2) is 66.7 Å². The third-order valence-corrected chi connectivity index (χ3v) is 4.63. The zero-order valence-corrected chi connectivity index (χ0v) is 14.5. The Labute approximate surface area is 155 Å². The van der Waals surface area contributed by atoms with E-state index in [0.717, 1.165) is 28.1 Å². The molecule has 0 aromatic heterocycles. The molecule has 1 aliphatic rings. The van der Waals surface area contributed by atoms with Crippen LogP contribution in [-0.4, -0.2) is 11.8 Å². The Balaban J connectivity index is 1.66. The van der Waals surface area contributed by atoms with E-state index in [-0.39, 0.29) is 11.8 Å². The lowest BCUT2D eigenvalue weighted by Crippen LogP contribution is -2.11. The van der Waals surface area contributed by atoms with E-state index in [4.69, 9.17) is 11.6 Å². The number of nitrogens with one attached hydrogen (secondary N) is 2. The summed E-state index contributed by atoms with van der Waals surface area (Å²) in [7, 11) is 0. The van der Waals surface area contributed by atoms with E-state index in [9.17, 15) is 9.59 Å². The van der Waals surface area contributed by atoms with Crippen LogP contribution in [0.25, 0.3) is 11.1 Å². The molecule has 26 heavy (non-hydrogen) atoms. The quantitative estimate of drug-likeness (QED) is 0.706. The first kappa shape index (κ1) is 16.4. The maximum absolute atomic E-state index is 12.5. The molecule has 1 heterocycles. The van der Waals surface area contributed by atoms with Gasteiger partial charge in [-0.2, -0.15) is 0 Å². The van der Waals surface area contributed by atoms with Gasteiger partial charge in [0.15, 0.2) is 0 Å². The van der Waals surface area contributed by atoms with Crippen LogP contribution in [0.4, 0.5) is 11.4 Å². The van der Waals surface area contributed by atoms with Crippen molar-refractivity contribution in [3.63, 3.8) is 0 Å². The Kier molecular flexibility index (Phi) is 4.19. The average Bonchev–Trinajstić information content (AvgIpc) is 3.02. The van der Waals surface area contributed by atoms with Gasteiger partial charge < -0.3 is 10.6 Å². The lowest BCUT2D eigenvalue weighted by atomic mass is 9.99. The van der Waals surface area contributed by atoms with E-state index in [1.165, 1.54) is 0 Å². The fourth-order valence-corrected chi connectivity index (χ4v) is 3.24. The number of fused-ring (bicyclic) bond motifs is 1. The van der Waals surface area contributed by atoms with Gasteiger partial charge in [-0.25, -0.2) is 0 Å². The SMILES string of the molecule is O=C1Cc2cc(-c3cc(C(=O)Nc4ccccc4)ccc3Cl)ccc2N1. The van der Waals surface area contributed by atoms with Crippen LogP contribution in [0.1, 0.15) is 15.9 Å². The molecular formula is C21H15ClN2O2. The number of anilines is 2. The van der Waals surface area contributed by atoms with Crippen LogP contribution >= 0.6 is 11.6 Å². The summed E-state index contributed by atoms with van der Waals surface area (Å²) in [5, 5.41) is 6.23. The van der Waals surface area contributed by atoms with Crippen molar-refractivity contribution in [1.29, 1.82) is 0 Å². The summed E-state index contributed by atoms with van der Waals surface area (Å²) in [4.78, 5) is 24.1. The normalized spacial score (nSPS) is 12.4. The van der Waals surface area contributed by atoms with Crippen LogP contribution in [0.2, 0.25) is 5.02 Å². The number of carbonyl (C=O) groups is 2. The van der Waals surface area contributed by atoms with Gasteiger partial charge in [-0.15, -0.1) is 0 Å². The number of rotatable bonds is 3. The molecule has 0 unspecified atom stereocenters. The molecule has 0 atom stereocenters. The Morgan fingerprint density at radius 2 is 1.81 bits per heavy atom. The zero-order valence-electron chi connectivity index (χ0n) is 13.8. The van der Waals surface area contributed by atoms with Crippen molar-refractivity contribution in [2.75, 3.05) is 10.6 Å². The van der Waals surface area contributed by atoms with Gasteiger partial charge in [-0.3, -0.25) is 9.59 Å². The van der Waals surface area contributed by atoms with E-state index >= 15 is 0 Å². The summed E-state index contributed by atoms with van der Waals surface area (Å²) in [5.41, 5.74) is 4.64. The van der Waals surface area contributed by atoms with Crippen molar-refractivity contribution in [3.05, 3.63) is 82.9 Å². The molecule has 1 aliphatic heterocycles. The monoisotopic (exact) mass is 362 g/mol. The minimum absolute atomic E-state index is 0.0146. The Hall–Kier alpha value is -3.11.